The topological polar surface area (TPSA) is 69.6 Å². The number of hydrogen-bond donors (Lipinski definition) is 1. The zero-order valence-corrected chi connectivity index (χ0v) is 11.5. The van der Waals surface area contributed by atoms with E-state index in [9.17, 15) is 4.79 Å². The number of likely N-dealkylation sites (tertiary alicyclic amines) is 1. The molecular weight excluding hydrogens is 256 g/mol. The molecule has 6 nitrogen and oxygen atoms in total. The van der Waals surface area contributed by atoms with Gasteiger partial charge in [0.05, 0.1) is 0 Å². The molecule has 0 aromatic carbocycles. The van der Waals surface area contributed by atoms with Crippen LogP contribution >= 0.6 is 0 Å². The minimum Gasteiger partial charge on any atom is -0.477 e. The van der Waals surface area contributed by atoms with Crippen LogP contribution in [0.2, 0.25) is 0 Å². The van der Waals surface area contributed by atoms with Crippen molar-refractivity contribution >= 4 is 11.9 Å². The quantitative estimate of drug-likeness (QED) is 0.895. The van der Waals surface area contributed by atoms with Crippen LogP contribution in [0.5, 0.6) is 0 Å². The van der Waals surface area contributed by atoms with Gasteiger partial charge < -0.3 is 10.0 Å². The lowest BCUT2D eigenvalue weighted by Gasteiger charge is -2.32. The third-order valence-electron chi connectivity index (χ3n) is 4.22. The number of hydrogen-bond acceptors (Lipinski definition) is 5. The number of anilines is 1. The molecule has 2 fully saturated rings. The van der Waals surface area contributed by atoms with Crippen LogP contribution < -0.4 is 4.90 Å². The summed E-state index contributed by atoms with van der Waals surface area (Å²) in [6, 6.07) is 2.00. The molecule has 0 saturated carbocycles. The second-order valence-electron chi connectivity index (χ2n) is 5.53. The molecule has 0 amide bonds. The van der Waals surface area contributed by atoms with E-state index >= 15 is 0 Å². The van der Waals surface area contributed by atoms with Gasteiger partial charge in [0, 0.05) is 25.3 Å². The molecule has 1 N–H and O–H groups in total. The van der Waals surface area contributed by atoms with Gasteiger partial charge in [0.25, 0.3) is 0 Å². The molecule has 3 rings (SSSR count). The van der Waals surface area contributed by atoms with Gasteiger partial charge in [-0.15, -0.1) is 0 Å². The van der Waals surface area contributed by atoms with E-state index in [1.165, 1.54) is 44.6 Å². The van der Waals surface area contributed by atoms with Gasteiger partial charge in [-0.1, -0.05) is 6.42 Å². The molecule has 2 aliphatic heterocycles. The number of carbonyl (C=O) groups is 1. The largest absolute Gasteiger partial charge is 0.477 e. The monoisotopic (exact) mass is 276 g/mol. The van der Waals surface area contributed by atoms with Gasteiger partial charge in [-0.2, -0.15) is 0 Å². The predicted molar refractivity (Wildman–Crippen MR) is 75.0 cm³/mol. The van der Waals surface area contributed by atoms with Crippen molar-refractivity contribution in [2.45, 2.75) is 31.7 Å². The van der Waals surface area contributed by atoms with E-state index in [0.29, 0.717) is 12.0 Å². The summed E-state index contributed by atoms with van der Waals surface area (Å²) in [6.07, 6.45) is 6.57. The fraction of sp³-hybridized carbons (Fsp3) is 0.643. The molecule has 0 aliphatic carbocycles. The van der Waals surface area contributed by atoms with Crippen LogP contribution in [0.1, 0.15) is 36.2 Å². The van der Waals surface area contributed by atoms with E-state index in [0.717, 1.165) is 19.5 Å². The van der Waals surface area contributed by atoms with Crippen LogP contribution in [-0.4, -0.2) is 58.2 Å². The summed E-state index contributed by atoms with van der Waals surface area (Å²) >= 11 is 0. The average molecular weight is 276 g/mol. The lowest BCUT2D eigenvalue weighted by molar-refractivity contribution is 0.0690. The van der Waals surface area contributed by atoms with Crippen molar-refractivity contribution in [3.8, 4) is 0 Å². The third-order valence-corrected chi connectivity index (χ3v) is 4.22. The second kappa shape index (κ2) is 5.75. The molecule has 108 valence electrons. The van der Waals surface area contributed by atoms with E-state index in [4.69, 9.17) is 5.11 Å². The van der Waals surface area contributed by atoms with Crippen LogP contribution in [0.25, 0.3) is 0 Å². The van der Waals surface area contributed by atoms with Crippen molar-refractivity contribution in [2.75, 3.05) is 31.1 Å². The highest BCUT2D eigenvalue weighted by Gasteiger charge is 2.29. The normalized spacial score (nSPS) is 24.0. The first kappa shape index (κ1) is 13.3. The number of rotatable bonds is 3. The third kappa shape index (κ3) is 2.75. The number of aromatic nitrogens is 2. The van der Waals surface area contributed by atoms with Crippen LogP contribution in [0.4, 0.5) is 5.95 Å². The first-order chi connectivity index (χ1) is 9.74. The van der Waals surface area contributed by atoms with E-state index < -0.39 is 5.97 Å². The summed E-state index contributed by atoms with van der Waals surface area (Å²) in [5.41, 5.74) is 0.0661. The fourth-order valence-corrected chi connectivity index (χ4v) is 3.12. The molecule has 6 heteroatoms. The van der Waals surface area contributed by atoms with Crippen molar-refractivity contribution < 1.29 is 9.90 Å². The smallest absolute Gasteiger partial charge is 0.354 e. The Bertz CT molecular complexity index is 488. The van der Waals surface area contributed by atoms with Gasteiger partial charge in [-0.25, -0.2) is 14.8 Å². The maximum atomic E-state index is 11.0. The number of carboxylic acid groups (broad SMARTS) is 1. The molecule has 2 saturated heterocycles. The predicted octanol–water partition coefficient (Wildman–Crippen LogP) is 1.24. The summed E-state index contributed by atoms with van der Waals surface area (Å²) in [4.78, 5) is 24.0. The molecule has 0 spiro atoms. The minimum absolute atomic E-state index is 0.0661. The Balaban J connectivity index is 1.67. The first-order valence-electron chi connectivity index (χ1n) is 7.29. The highest BCUT2D eigenvalue weighted by molar-refractivity contribution is 5.85. The van der Waals surface area contributed by atoms with E-state index in [1.54, 1.807) is 0 Å². The standard InChI is InChI=1S/C14H20N4O2/c19-13(20)12-4-6-15-14(16-12)18-9-5-11(10-18)17-7-2-1-3-8-17/h4,6,11H,1-3,5,7-10H2,(H,19,20). The molecule has 1 aromatic rings. The van der Waals surface area contributed by atoms with Crippen molar-refractivity contribution in [1.29, 1.82) is 0 Å². The molecule has 1 aromatic heterocycles. The number of aromatic carboxylic acids is 1. The zero-order valence-electron chi connectivity index (χ0n) is 11.5. The lowest BCUT2D eigenvalue weighted by Crippen LogP contribution is -2.41. The molecule has 0 bridgehead atoms. The summed E-state index contributed by atoms with van der Waals surface area (Å²) in [5, 5.41) is 8.99. The number of nitrogens with zero attached hydrogens (tertiary/aromatic N) is 4. The molecule has 1 unspecified atom stereocenters. The van der Waals surface area contributed by atoms with Gasteiger partial charge >= 0.3 is 5.97 Å². The second-order valence-corrected chi connectivity index (χ2v) is 5.53. The van der Waals surface area contributed by atoms with E-state index in [2.05, 4.69) is 19.8 Å². The van der Waals surface area contributed by atoms with Crippen LogP contribution in [0.15, 0.2) is 12.3 Å². The van der Waals surface area contributed by atoms with Crippen molar-refractivity contribution in [1.82, 2.24) is 14.9 Å². The van der Waals surface area contributed by atoms with Crippen LogP contribution in [0.3, 0.4) is 0 Å². The Morgan fingerprint density at radius 3 is 2.80 bits per heavy atom. The lowest BCUT2D eigenvalue weighted by atomic mass is 10.1. The van der Waals surface area contributed by atoms with Crippen molar-refractivity contribution in [3.05, 3.63) is 18.0 Å². The Hall–Kier alpha value is -1.69. The van der Waals surface area contributed by atoms with Gasteiger partial charge in [0.2, 0.25) is 5.95 Å². The van der Waals surface area contributed by atoms with Gasteiger partial charge in [0.15, 0.2) is 5.69 Å². The average Bonchev–Trinajstić information content (AvgIpc) is 2.98. The SMILES string of the molecule is O=C(O)c1ccnc(N2CCC(N3CCCCC3)C2)n1. The Labute approximate surface area is 118 Å². The summed E-state index contributed by atoms with van der Waals surface area (Å²) in [6.45, 7) is 4.19. The van der Waals surface area contributed by atoms with Crippen molar-refractivity contribution in [3.63, 3.8) is 0 Å². The van der Waals surface area contributed by atoms with Gasteiger partial charge in [-0.3, -0.25) is 4.90 Å². The van der Waals surface area contributed by atoms with Crippen LogP contribution in [-0.2, 0) is 0 Å². The van der Waals surface area contributed by atoms with Crippen LogP contribution in [0, 0.1) is 0 Å². The molecule has 3 heterocycles. The summed E-state index contributed by atoms with van der Waals surface area (Å²) in [5.74, 6) is -0.454. The van der Waals surface area contributed by atoms with Gasteiger partial charge in [-0.05, 0) is 38.4 Å². The summed E-state index contributed by atoms with van der Waals surface area (Å²) in [7, 11) is 0. The molecule has 2 aliphatic rings. The Kier molecular flexibility index (Phi) is 3.82. The molecule has 1 atom stereocenters. The Morgan fingerprint density at radius 2 is 2.05 bits per heavy atom. The van der Waals surface area contributed by atoms with E-state index in [-0.39, 0.29) is 5.69 Å². The minimum atomic E-state index is -1.000. The maximum Gasteiger partial charge on any atom is 0.354 e. The molecule has 20 heavy (non-hydrogen) atoms. The number of carboxylic acids is 1. The maximum absolute atomic E-state index is 11.0. The molecule has 0 radical (unpaired) electrons. The van der Waals surface area contributed by atoms with Crippen molar-refractivity contribution in [2.24, 2.45) is 0 Å². The zero-order chi connectivity index (χ0) is 13.9. The first-order valence-corrected chi connectivity index (χ1v) is 7.29. The van der Waals surface area contributed by atoms with E-state index in [1.807, 2.05) is 0 Å². The summed E-state index contributed by atoms with van der Waals surface area (Å²) < 4.78 is 0. The number of piperidine rings is 1. The fourth-order valence-electron chi connectivity index (χ4n) is 3.12. The van der Waals surface area contributed by atoms with Gasteiger partial charge in [0.1, 0.15) is 0 Å². The Morgan fingerprint density at radius 1 is 1.25 bits per heavy atom. The molecular formula is C14H20N4O2. The highest BCUT2D eigenvalue weighted by Crippen LogP contribution is 2.22. The highest BCUT2D eigenvalue weighted by atomic mass is 16.4.